The molecule has 0 fully saturated rings. The molecule has 0 saturated carbocycles. The van der Waals surface area contributed by atoms with Gasteiger partial charge in [-0.15, -0.1) is 0 Å². The Morgan fingerprint density at radius 2 is 1.00 bits per heavy atom. The van der Waals surface area contributed by atoms with Crippen molar-refractivity contribution in [2.45, 2.75) is 58.9 Å². The second-order valence-electron chi connectivity index (χ2n) is 6.03. The van der Waals surface area contributed by atoms with Crippen molar-refractivity contribution in [3.8, 4) is 0 Å². The first-order valence-corrected chi connectivity index (χ1v) is 9.66. The minimum Gasteiger partial charge on any atom is -0.356 e. The molecule has 0 aliphatic rings. The molecule has 6 heteroatoms. The van der Waals surface area contributed by atoms with Crippen molar-refractivity contribution < 1.29 is 28.4 Å². The highest BCUT2D eigenvalue weighted by atomic mass is 16.7. The third kappa shape index (κ3) is 8.25. The first-order valence-electron chi connectivity index (χ1n) is 9.66. The van der Waals surface area contributed by atoms with Crippen molar-refractivity contribution in [2.75, 3.05) is 41.2 Å². The third-order valence-corrected chi connectivity index (χ3v) is 4.36. The summed E-state index contributed by atoms with van der Waals surface area (Å²) in [6.45, 7) is 7.68. The van der Waals surface area contributed by atoms with Crippen molar-refractivity contribution in [1.82, 2.24) is 0 Å². The molecule has 3 atom stereocenters. The molecule has 0 amide bonds. The highest BCUT2D eigenvalue weighted by molar-refractivity contribution is 5.36. The molecule has 0 radical (unpaired) electrons. The fraction of sp³-hybridized carbons (Fsp3) is 0.714. The Bertz CT molecular complexity index is 473. The fourth-order valence-electron chi connectivity index (χ4n) is 3.05. The van der Waals surface area contributed by atoms with Crippen molar-refractivity contribution >= 4 is 0 Å². The summed E-state index contributed by atoms with van der Waals surface area (Å²) in [6.07, 6.45) is 1.06. The zero-order valence-corrected chi connectivity index (χ0v) is 17.7. The molecule has 1 aromatic rings. The summed E-state index contributed by atoms with van der Waals surface area (Å²) in [7, 11) is 5.00. The lowest BCUT2D eigenvalue weighted by Crippen LogP contribution is -2.25. The van der Waals surface area contributed by atoms with E-state index in [-0.39, 0.29) is 18.9 Å². The minimum absolute atomic E-state index is 0.290. The Morgan fingerprint density at radius 1 is 0.630 bits per heavy atom. The van der Waals surface area contributed by atoms with E-state index in [1.807, 2.05) is 26.8 Å². The standard InChI is InChI=1S/C21H36O6/c1-7-25-19(22-4)13-16-11-10-12-17(14-20(23-5)26-8-2)18(16)15-21(24-6)27-9-3/h10-12,19-21H,7-9,13-15H2,1-6H3. The Kier molecular flexibility index (Phi) is 12.5. The van der Waals surface area contributed by atoms with Crippen molar-refractivity contribution in [2.24, 2.45) is 0 Å². The lowest BCUT2D eigenvalue weighted by Gasteiger charge is -2.24. The van der Waals surface area contributed by atoms with Gasteiger partial charge >= 0.3 is 0 Å². The predicted molar refractivity (Wildman–Crippen MR) is 105 cm³/mol. The number of benzene rings is 1. The summed E-state index contributed by atoms with van der Waals surface area (Å²) in [6, 6.07) is 6.25. The van der Waals surface area contributed by atoms with Gasteiger partial charge in [0.05, 0.1) is 0 Å². The number of rotatable bonds is 15. The van der Waals surface area contributed by atoms with Crippen LogP contribution in [-0.2, 0) is 47.7 Å². The molecule has 0 saturated heterocycles. The fourth-order valence-corrected chi connectivity index (χ4v) is 3.05. The van der Waals surface area contributed by atoms with Gasteiger partial charge in [0.2, 0.25) is 0 Å². The van der Waals surface area contributed by atoms with Gasteiger partial charge in [0.15, 0.2) is 18.9 Å². The van der Waals surface area contributed by atoms with Crippen LogP contribution in [0.5, 0.6) is 0 Å². The van der Waals surface area contributed by atoms with E-state index in [0.29, 0.717) is 39.1 Å². The quantitative estimate of drug-likeness (QED) is 0.432. The second-order valence-corrected chi connectivity index (χ2v) is 6.03. The summed E-state index contributed by atoms with van der Waals surface area (Å²) >= 11 is 0. The van der Waals surface area contributed by atoms with Crippen molar-refractivity contribution in [1.29, 1.82) is 0 Å². The molecule has 0 heterocycles. The van der Waals surface area contributed by atoms with Crippen molar-refractivity contribution in [3.05, 3.63) is 34.9 Å². The van der Waals surface area contributed by atoms with Crippen LogP contribution in [0.25, 0.3) is 0 Å². The first kappa shape index (κ1) is 24.0. The molecule has 0 aliphatic heterocycles. The van der Waals surface area contributed by atoms with E-state index in [9.17, 15) is 0 Å². The van der Waals surface area contributed by atoms with Crippen LogP contribution in [0.4, 0.5) is 0 Å². The number of ether oxygens (including phenoxy) is 6. The first-order chi connectivity index (χ1) is 13.1. The van der Waals surface area contributed by atoms with Crippen LogP contribution in [-0.4, -0.2) is 60.0 Å². The number of methoxy groups -OCH3 is 3. The van der Waals surface area contributed by atoms with E-state index in [0.717, 1.165) is 11.1 Å². The van der Waals surface area contributed by atoms with Gasteiger partial charge in [0.1, 0.15) is 0 Å². The Hall–Kier alpha value is -1.02. The lowest BCUT2D eigenvalue weighted by atomic mass is 9.93. The molecule has 0 aliphatic carbocycles. The molecule has 1 aromatic carbocycles. The van der Waals surface area contributed by atoms with Gasteiger partial charge in [-0.1, -0.05) is 18.2 Å². The smallest absolute Gasteiger partial charge is 0.161 e. The number of hydrogen-bond donors (Lipinski definition) is 0. The summed E-state index contributed by atoms with van der Waals surface area (Å²) in [5.41, 5.74) is 3.48. The van der Waals surface area contributed by atoms with Gasteiger partial charge < -0.3 is 28.4 Å². The third-order valence-electron chi connectivity index (χ3n) is 4.36. The summed E-state index contributed by atoms with van der Waals surface area (Å²) in [4.78, 5) is 0. The summed E-state index contributed by atoms with van der Waals surface area (Å²) in [5, 5.41) is 0. The number of hydrogen-bond acceptors (Lipinski definition) is 6. The average molecular weight is 385 g/mol. The molecule has 0 spiro atoms. The van der Waals surface area contributed by atoms with E-state index in [2.05, 4.69) is 12.1 Å². The Balaban J connectivity index is 3.17. The van der Waals surface area contributed by atoms with E-state index in [1.165, 1.54) is 5.56 Å². The van der Waals surface area contributed by atoms with Crippen LogP contribution >= 0.6 is 0 Å². The van der Waals surface area contributed by atoms with Gasteiger partial charge in [0.25, 0.3) is 0 Å². The van der Waals surface area contributed by atoms with E-state index in [4.69, 9.17) is 28.4 Å². The molecular weight excluding hydrogens is 348 g/mol. The Morgan fingerprint density at radius 3 is 1.33 bits per heavy atom. The van der Waals surface area contributed by atoms with Crippen LogP contribution in [0.2, 0.25) is 0 Å². The van der Waals surface area contributed by atoms with Gasteiger partial charge in [-0.05, 0) is 37.5 Å². The zero-order valence-electron chi connectivity index (χ0n) is 17.7. The van der Waals surface area contributed by atoms with Crippen molar-refractivity contribution in [3.63, 3.8) is 0 Å². The van der Waals surface area contributed by atoms with Gasteiger partial charge in [0, 0.05) is 60.4 Å². The SMILES string of the molecule is CCOC(Cc1cccc(CC(OC)OCC)c1CC(OC)OCC)OC. The topological polar surface area (TPSA) is 55.4 Å². The van der Waals surface area contributed by atoms with Gasteiger partial charge in [-0.3, -0.25) is 0 Å². The van der Waals surface area contributed by atoms with Gasteiger partial charge in [-0.25, -0.2) is 0 Å². The molecule has 0 bridgehead atoms. The molecule has 27 heavy (non-hydrogen) atoms. The van der Waals surface area contributed by atoms with E-state index in [1.54, 1.807) is 21.3 Å². The van der Waals surface area contributed by atoms with E-state index < -0.39 is 0 Å². The maximum absolute atomic E-state index is 5.72. The largest absolute Gasteiger partial charge is 0.356 e. The molecule has 0 N–H and O–H groups in total. The zero-order chi connectivity index (χ0) is 20.1. The molecule has 0 aromatic heterocycles. The lowest BCUT2D eigenvalue weighted by molar-refractivity contribution is -0.123. The molecule has 3 unspecified atom stereocenters. The van der Waals surface area contributed by atoms with Crippen LogP contribution in [0, 0.1) is 0 Å². The predicted octanol–water partition coefficient (Wildman–Crippen LogP) is 3.34. The highest BCUT2D eigenvalue weighted by Crippen LogP contribution is 2.23. The Labute approximate surface area is 164 Å². The van der Waals surface area contributed by atoms with Crippen LogP contribution in [0.3, 0.4) is 0 Å². The molecule has 156 valence electrons. The summed E-state index contributed by atoms with van der Waals surface area (Å²) in [5.74, 6) is 0. The molecule has 1 rings (SSSR count). The summed E-state index contributed by atoms with van der Waals surface area (Å²) < 4.78 is 33.5. The van der Waals surface area contributed by atoms with Crippen LogP contribution < -0.4 is 0 Å². The monoisotopic (exact) mass is 384 g/mol. The maximum Gasteiger partial charge on any atom is 0.161 e. The normalized spacial score (nSPS) is 14.9. The van der Waals surface area contributed by atoms with E-state index >= 15 is 0 Å². The van der Waals surface area contributed by atoms with Crippen LogP contribution in [0.1, 0.15) is 37.5 Å². The minimum atomic E-state index is -0.309. The van der Waals surface area contributed by atoms with Gasteiger partial charge in [-0.2, -0.15) is 0 Å². The second kappa shape index (κ2) is 14.0. The maximum atomic E-state index is 5.72. The molecule has 6 nitrogen and oxygen atoms in total. The van der Waals surface area contributed by atoms with Crippen LogP contribution in [0.15, 0.2) is 18.2 Å². The molecular formula is C21H36O6. The highest BCUT2D eigenvalue weighted by Gasteiger charge is 2.20. The average Bonchev–Trinajstić information content (AvgIpc) is 2.68.